The molecule has 0 aliphatic rings. The molecule has 1 amide bonds. The monoisotopic (exact) mass is 270 g/mol. The van der Waals surface area contributed by atoms with Gasteiger partial charge in [-0.3, -0.25) is 14.9 Å². The molecule has 5 heteroatoms. The van der Waals surface area contributed by atoms with Crippen molar-refractivity contribution in [3.63, 3.8) is 0 Å². The summed E-state index contributed by atoms with van der Waals surface area (Å²) in [7, 11) is 1.52. The van der Waals surface area contributed by atoms with E-state index in [0.717, 1.165) is 11.1 Å². The number of anilines is 1. The third kappa shape index (κ3) is 2.66. The highest BCUT2D eigenvalue weighted by Gasteiger charge is 2.20. The van der Waals surface area contributed by atoms with Crippen molar-refractivity contribution in [2.75, 3.05) is 11.9 Å². The molecule has 0 aromatic heterocycles. The fraction of sp³-hybridized carbons (Fsp3) is 0.133. The van der Waals surface area contributed by atoms with E-state index in [9.17, 15) is 14.9 Å². The minimum atomic E-state index is -0.471. The number of benzene rings is 2. The van der Waals surface area contributed by atoms with Crippen LogP contribution >= 0.6 is 0 Å². The largest absolute Gasteiger partial charge is 0.310 e. The van der Waals surface area contributed by atoms with Gasteiger partial charge in [-0.1, -0.05) is 36.4 Å². The van der Waals surface area contributed by atoms with Crippen molar-refractivity contribution in [2.24, 2.45) is 0 Å². The van der Waals surface area contributed by atoms with Crippen molar-refractivity contribution in [2.45, 2.75) is 6.92 Å². The summed E-state index contributed by atoms with van der Waals surface area (Å²) >= 11 is 0. The van der Waals surface area contributed by atoms with Crippen LogP contribution in [0, 0.1) is 10.1 Å². The SMILES string of the molecule is CC(=O)N(C)c1ccc(-c2ccccc2)cc1[N+](=O)[O-]. The van der Waals surface area contributed by atoms with Crippen molar-refractivity contribution in [1.82, 2.24) is 0 Å². The first kappa shape index (κ1) is 13.7. The Hall–Kier alpha value is -2.69. The Bertz CT molecular complexity index is 653. The molecule has 2 rings (SSSR count). The molecule has 0 unspecified atom stereocenters. The van der Waals surface area contributed by atoms with Gasteiger partial charge in [0.05, 0.1) is 4.92 Å². The van der Waals surface area contributed by atoms with Crippen molar-refractivity contribution in [3.05, 3.63) is 58.6 Å². The Morgan fingerprint density at radius 2 is 1.75 bits per heavy atom. The number of carbonyl (C=O) groups excluding carboxylic acids is 1. The van der Waals surface area contributed by atoms with E-state index in [0.29, 0.717) is 5.69 Å². The van der Waals surface area contributed by atoms with Gasteiger partial charge in [0.2, 0.25) is 5.91 Å². The smallest absolute Gasteiger partial charge is 0.293 e. The summed E-state index contributed by atoms with van der Waals surface area (Å²) in [4.78, 5) is 23.4. The predicted octanol–water partition coefficient (Wildman–Crippen LogP) is 3.24. The number of nitrogens with zero attached hydrogens (tertiary/aromatic N) is 2. The number of hydrogen-bond acceptors (Lipinski definition) is 3. The first-order valence-electron chi connectivity index (χ1n) is 6.09. The van der Waals surface area contributed by atoms with Gasteiger partial charge in [0.1, 0.15) is 5.69 Å². The molecule has 0 bridgehead atoms. The van der Waals surface area contributed by atoms with Crippen LogP contribution in [0.25, 0.3) is 11.1 Å². The topological polar surface area (TPSA) is 63.5 Å². The molecule has 0 saturated carbocycles. The van der Waals surface area contributed by atoms with Crippen LogP contribution in [0.4, 0.5) is 11.4 Å². The quantitative estimate of drug-likeness (QED) is 0.635. The maximum atomic E-state index is 11.4. The van der Waals surface area contributed by atoms with Crippen LogP contribution in [0.1, 0.15) is 6.92 Å². The lowest BCUT2D eigenvalue weighted by Gasteiger charge is -2.15. The molecule has 0 heterocycles. The van der Waals surface area contributed by atoms with E-state index in [1.165, 1.54) is 24.9 Å². The van der Waals surface area contributed by atoms with E-state index in [2.05, 4.69) is 0 Å². The Morgan fingerprint density at radius 1 is 1.10 bits per heavy atom. The van der Waals surface area contributed by atoms with Crippen LogP contribution in [-0.4, -0.2) is 17.9 Å². The molecule has 2 aromatic rings. The van der Waals surface area contributed by atoms with E-state index < -0.39 is 4.92 Å². The zero-order chi connectivity index (χ0) is 14.7. The minimum Gasteiger partial charge on any atom is -0.310 e. The molecule has 5 nitrogen and oxygen atoms in total. The van der Waals surface area contributed by atoms with Gasteiger partial charge in [0, 0.05) is 20.0 Å². The molecule has 0 radical (unpaired) electrons. The summed E-state index contributed by atoms with van der Waals surface area (Å²) in [5.74, 6) is -0.249. The Morgan fingerprint density at radius 3 is 2.30 bits per heavy atom. The molecule has 0 fully saturated rings. The molecule has 20 heavy (non-hydrogen) atoms. The molecule has 0 aliphatic carbocycles. The molecule has 0 N–H and O–H groups in total. The second-order valence-electron chi connectivity index (χ2n) is 4.40. The van der Waals surface area contributed by atoms with Crippen LogP contribution in [0.5, 0.6) is 0 Å². The number of rotatable bonds is 3. The van der Waals surface area contributed by atoms with Crippen molar-refractivity contribution >= 4 is 17.3 Å². The van der Waals surface area contributed by atoms with Crippen molar-refractivity contribution in [3.8, 4) is 11.1 Å². The van der Waals surface area contributed by atoms with Gasteiger partial charge in [0.15, 0.2) is 0 Å². The highest BCUT2D eigenvalue weighted by Crippen LogP contribution is 2.32. The van der Waals surface area contributed by atoms with Crippen LogP contribution in [0.2, 0.25) is 0 Å². The predicted molar refractivity (Wildman–Crippen MR) is 77.6 cm³/mol. The van der Waals surface area contributed by atoms with Crippen LogP contribution in [0.15, 0.2) is 48.5 Å². The average molecular weight is 270 g/mol. The van der Waals surface area contributed by atoms with Gasteiger partial charge in [-0.2, -0.15) is 0 Å². The summed E-state index contributed by atoms with van der Waals surface area (Å²) < 4.78 is 0. The summed E-state index contributed by atoms with van der Waals surface area (Å²) in [6.45, 7) is 1.37. The fourth-order valence-corrected chi connectivity index (χ4v) is 1.93. The van der Waals surface area contributed by atoms with Gasteiger partial charge in [-0.15, -0.1) is 0 Å². The second-order valence-corrected chi connectivity index (χ2v) is 4.40. The first-order chi connectivity index (χ1) is 9.50. The number of hydrogen-bond donors (Lipinski definition) is 0. The zero-order valence-corrected chi connectivity index (χ0v) is 11.2. The third-order valence-electron chi connectivity index (χ3n) is 3.11. The van der Waals surface area contributed by atoms with Crippen molar-refractivity contribution in [1.29, 1.82) is 0 Å². The molecule has 0 aliphatic heterocycles. The van der Waals surface area contributed by atoms with Gasteiger partial charge >= 0.3 is 0 Å². The van der Waals surface area contributed by atoms with E-state index in [1.807, 2.05) is 30.3 Å². The standard InChI is InChI=1S/C15H14N2O3/c1-11(18)16(2)14-9-8-13(10-15(14)17(19)20)12-6-4-3-5-7-12/h3-10H,1-2H3. The number of carbonyl (C=O) groups is 1. The zero-order valence-electron chi connectivity index (χ0n) is 11.2. The lowest BCUT2D eigenvalue weighted by Crippen LogP contribution is -2.23. The van der Waals surface area contributed by atoms with E-state index in [1.54, 1.807) is 12.1 Å². The number of nitro benzene ring substituents is 1. The van der Waals surface area contributed by atoms with Gasteiger partial charge in [0.25, 0.3) is 5.69 Å². The van der Waals surface area contributed by atoms with Gasteiger partial charge in [-0.05, 0) is 17.2 Å². The summed E-state index contributed by atoms with van der Waals surface area (Å²) in [6, 6.07) is 14.3. The van der Waals surface area contributed by atoms with Gasteiger partial charge < -0.3 is 4.90 Å². The first-order valence-corrected chi connectivity index (χ1v) is 6.09. The molecule has 0 atom stereocenters. The Balaban J connectivity index is 2.54. The summed E-state index contributed by atoms with van der Waals surface area (Å²) in [5, 5.41) is 11.2. The minimum absolute atomic E-state index is 0.0796. The van der Waals surface area contributed by atoms with Crippen LogP contribution < -0.4 is 4.90 Å². The maximum absolute atomic E-state index is 11.4. The fourth-order valence-electron chi connectivity index (χ4n) is 1.93. The average Bonchev–Trinajstić information content (AvgIpc) is 2.46. The maximum Gasteiger partial charge on any atom is 0.293 e. The molecule has 0 spiro atoms. The lowest BCUT2D eigenvalue weighted by atomic mass is 10.0. The number of amides is 1. The molecule has 2 aromatic carbocycles. The van der Waals surface area contributed by atoms with Crippen LogP contribution in [-0.2, 0) is 4.79 Å². The van der Waals surface area contributed by atoms with E-state index in [4.69, 9.17) is 0 Å². The Labute approximate surface area is 116 Å². The summed E-state index contributed by atoms with van der Waals surface area (Å²) in [6.07, 6.45) is 0. The Kier molecular flexibility index (Phi) is 3.79. The molecular formula is C15H14N2O3. The number of nitro groups is 1. The van der Waals surface area contributed by atoms with E-state index in [-0.39, 0.29) is 11.6 Å². The summed E-state index contributed by atoms with van der Waals surface area (Å²) in [5.41, 5.74) is 1.86. The highest BCUT2D eigenvalue weighted by atomic mass is 16.6. The lowest BCUT2D eigenvalue weighted by molar-refractivity contribution is -0.384. The third-order valence-corrected chi connectivity index (χ3v) is 3.11. The van der Waals surface area contributed by atoms with Crippen LogP contribution in [0.3, 0.4) is 0 Å². The molecule has 102 valence electrons. The van der Waals surface area contributed by atoms with E-state index >= 15 is 0 Å². The molecular weight excluding hydrogens is 256 g/mol. The normalized spacial score (nSPS) is 10.1. The second kappa shape index (κ2) is 5.52. The molecule has 0 saturated heterocycles. The highest BCUT2D eigenvalue weighted by molar-refractivity contribution is 5.94. The van der Waals surface area contributed by atoms with Crippen molar-refractivity contribution < 1.29 is 9.72 Å². The van der Waals surface area contributed by atoms with Gasteiger partial charge in [-0.25, -0.2) is 0 Å².